The Morgan fingerprint density at radius 1 is 1.64 bits per heavy atom. The van der Waals surface area contributed by atoms with Crippen LogP contribution in [0, 0.1) is 6.20 Å². The molecule has 1 rings (SSSR count). The van der Waals surface area contributed by atoms with Crippen molar-refractivity contribution in [3.8, 4) is 0 Å². The van der Waals surface area contributed by atoms with Crippen molar-refractivity contribution in [3.63, 3.8) is 0 Å². The van der Waals surface area contributed by atoms with Gasteiger partial charge in [-0.1, -0.05) is 45.0 Å². The van der Waals surface area contributed by atoms with Crippen LogP contribution in [-0.4, -0.2) is 17.9 Å². The van der Waals surface area contributed by atoms with Crippen molar-refractivity contribution < 1.29 is 41.5 Å². The second-order valence-electron chi connectivity index (χ2n) is 2.74. The quantitative estimate of drug-likeness (QED) is 0.522. The summed E-state index contributed by atoms with van der Waals surface area (Å²) in [5, 5.41) is 0. The van der Waals surface area contributed by atoms with Gasteiger partial charge in [0.1, 0.15) is 0 Å². The predicted octanol–water partition coefficient (Wildman–Crippen LogP) is 3.10. The van der Waals surface area contributed by atoms with Crippen LogP contribution in [0.3, 0.4) is 0 Å². The summed E-state index contributed by atoms with van der Waals surface area (Å²) in [7, 11) is 0. The maximum atomic E-state index is 12.1. The molecular weight excluding hydrogens is 376 g/mol. The van der Waals surface area contributed by atoms with Gasteiger partial charge in [-0.25, -0.2) is 8.78 Å². The fourth-order valence-electron chi connectivity index (χ4n) is 1.01. The molecule has 1 radical (unpaired) electrons. The van der Waals surface area contributed by atoms with Crippen molar-refractivity contribution in [1.29, 1.82) is 0 Å². The number of rotatable bonds is 2. The molecule has 0 atom stereocenters. The number of nitrogens with zero attached hydrogens (tertiary/aromatic N) is 1. The van der Waals surface area contributed by atoms with Crippen LogP contribution in [0.5, 0.6) is 0 Å². The third-order valence-electron chi connectivity index (χ3n) is 1.58. The largest absolute Gasteiger partial charge is 0.450 e. The van der Waals surface area contributed by atoms with E-state index in [9.17, 15) is 8.78 Å². The van der Waals surface area contributed by atoms with Crippen molar-refractivity contribution in [3.05, 3.63) is 33.7 Å². The van der Waals surface area contributed by atoms with Crippen molar-refractivity contribution in [1.82, 2.24) is 4.90 Å². The zero-order valence-electron chi connectivity index (χ0n) is 7.73. The van der Waals surface area contributed by atoms with Crippen LogP contribution in [0.2, 0.25) is 0 Å². The molecule has 0 aromatic heterocycles. The molecule has 0 fully saturated rings. The Labute approximate surface area is 121 Å². The van der Waals surface area contributed by atoms with Gasteiger partial charge in [0.25, 0.3) is 6.43 Å². The Hall–Kier alpha value is 0.714. The number of alkyl halides is 2. The third-order valence-corrected chi connectivity index (χ3v) is 2.51. The minimum absolute atomic E-state index is 0. The van der Waals surface area contributed by atoms with Gasteiger partial charge in [0.05, 0.1) is 6.54 Å². The second-order valence-corrected chi connectivity index (χ2v) is 3.90. The van der Waals surface area contributed by atoms with E-state index in [2.05, 4.69) is 35.4 Å². The number of hydrogen-bond donors (Lipinski definition) is 0. The molecule has 0 N–H and O–H groups in total. The van der Waals surface area contributed by atoms with Crippen LogP contribution in [0.4, 0.5) is 8.78 Å². The van der Waals surface area contributed by atoms with Crippen LogP contribution in [0.15, 0.2) is 27.5 Å². The van der Waals surface area contributed by atoms with Gasteiger partial charge in [0, 0.05) is 32.7 Å². The molecule has 0 saturated carbocycles. The molecule has 1 nitrogen and oxygen atoms in total. The molecule has 75 valence electrons. The Kier molecular flexibility index (Phi) is 6.65. The Morgan fingerprint density at radius 3 is 2.71 bits per heavy atom. The molecule has 0 bridgehead atoms. The van der Waals surface area contributed by atoms with Crippen LogP contribution in [-0.2, 0) is 32.7 Å². The summed E-state index contributed by atoms with van der Waals surface area (Å²) in [5.41, 5.74) is 1.43. The molecule has 0 aliphatic carbocycles. The number of halogens is 3. The fourth-order valence-corrected chi connectivity index (χ4v) is 1.77. The summed E-state index contributed by atoms with van der Waals surface area (Å²) in [6.45, 7) is 5.19. The van der Waals surface area contributed by atoms with Crippen molar-refractivity contribution in [2.45, 2.75) is 13.3 Å². The zero-order valence-corrected chi connectivity index (χ0v) is 12.7. The molecule has 1 aliphatic rings. The number of allylic oxidation sites excluding steroid dienone is 3. The summed E-state index contributed by atoms with van der Waals surface area (Å²) >= 11 is 2.07. The summed E-state index contributed by atoms with van der Waals surface area (Å²) in [5.74, 6) is 0. The average Bonchev–Trinajstić information content (AvgIpc) is 1.98. The topological polar surface area (TPSA) is 3.24 Å². The first-order chi connectivity index (χ1) is 6.00. The minimum atomic E-state index is -2.36. The molecule has 14 heavy (non-hydrogen) atoms. The summed E-state index contributed by atoms with van der Waals surface area (Å²) in [4.78, 5) is 1.36. The van der Waals surface area contributed by atoms with E-state index >= 15 is 0 Å². The fraction of sp³-hybridized carbons (Fsp3) is 0.333. The molecule has 0 saturated heterocycles. The van der Waals surface area contributed by atoms with Gasteiger partial charge in [-0.05, 0) is 0 Å². The van der Waals surface area contributed by atoms with E-state index in [1.807, 2.05) is 13.0 Å². The van der Waals surface area contributed by atoms with Crippen LogP contribution in [0.1, 0.15) is 6.92 Å². The molecule has 0 unspecified atom stereocenters. The molecule has 1 heterocycles. The zero-order chi connectivity index (χ0) is 10.0. The van der Waals surface area contributed by atoms with Gasteiger partial charge in [0.15, 0.2) is 0 Å². The van der Waals surface area contributed by atoms with E-state index in [4.69, 9.17) is 0 Å². The van der Waals surface area contributed by atoms with E-state index < -0.39 is 6.43 Å². The van der Waals surface area contributed by atoms with Gasteiger partial charge in [0.2, 0.25) is 0 Å². The minimum Gasteiger partial charge on any atom is -0.450 e. The smallest absolute Gasteiger partial charge is 0.254 e. The van der Waals surface area contributed by atoms with Gasteiger partial charge in [-0.3, -0.25) is 0 Å². The predicted molar refractivity (Wildman–Crippen MR) is 56.4 cm³/mol. The van der Waals surface area contributed by atoms with Crippen molar-refractivity contribution in [2.24, 2.45) is 0 Å². The van der Waals surface area contributed by atoms with Crippen molar-refractivity contribution >= 4 is 22.6 Å². The first-order valence-corrected chi connectivity index (χ1v) is 4.81. The molecule has 0 amide bonds. The van der Waals surface area contributed by atoms with Crippen LogP contribution >= 0.6 is 22.6 Å². The first kappa shape index (κ1) is 14.7. The maximum Gasteiger partial charge on any atom is 0.254 e. The summed E-state index contributed by atoms with van der Waals surface area (Å²) in [6.07, 6.45) is 2.32. The first-order valence-electron chi connectivity index (χ1n) is 3.73. The normalized spacial score (nSPS) is 16.4. The van der Waals surface area contributed by atoms with E-state index in [1.54, 1.807) is 0 Å². The molecule has 0 aromatic rings. The number of hydrogen-bond acceptors (Lipinski definition) is 1. The molecule has 1 aliphatic heterocycles. The summed E-state index contributed by atoms with van der Waals surface area (Å²) < 4.78 is 25.1. The molecule has 0 spiro atoms. The van der Waals surface area contributed by atoms with Crippen LogP contribution in [0.25, 0.3) is 0 Å². The monoisotopic (exact) mass is 385 g/mol. The molecule has 0 aromatic carbocycles. The van der Waals surface area contributed by atoms with E-state index in [0.29, 0.717) is 5.70 Å². The Morgan fingerprint density at radius 2 is 2.21 bits per heavy atom. The molecular formula is C9H9F2INY-. The Balaban J connectivity index is 0.00000169. The SMILES string of the molecule is C=C1C(I)=CC(C)=[C-]N1CC(F)F.[Y]. The van der Waals surface area contributed by atoms with Gasteiger partial charge in [-0.15, -0.1) is 12.2 Å². The van der Waals surface area contributed by atoms with Gasteiger partial charge < -0.3 is 4.90 Å². The van der Waals surface area contributed by atoms with Gasteiger partial charge >= 0.3 is 0 Å². The third kappa shape index (κ3) is 4.07. The van der Waals surface area contributed by atoms with E-state index in [1.165, 1.54) is 4.90 Å². The van der Waals surface area contributed by atoms with E-state index in [-0.39, 0.29) is 39.3 Å². The van der Waals surface area contributed by atoms with E-state index in [0.717, 1.165) is 9.15 Å². The Bertz CT molecular complexity index is 287. The summed E-state index contributed by atoms with van der Waals surface area (Å²) in [6, 6.07) is 0. The average molecular weight is 385 g/mol. The van der Waals surface area contributed by atoms with Crippen molar-refractivity contribution in [2.75, 3.05) is 6.54 Å². The standard InChI is InChI=1S/C9H9F2IN.Y/c1-6-3-8(12)7(2)13(4-6)5-9(10)11;/h3,9H,2,5H2,1H3;/q-1;. The molecule has 5 heteroatoms. The second kappa shape index (κ2) is 6.33. The van der Waals surface area contributed by atoms with Crippen LogP contribution < -0.4 is 0 Å². The maximum absolute atomic E-state index is 12.1. The van der Waals surface area contributed by atoms with Gasteiger partial charge in [-0.2, -0.15) is 6.08 Å².